The van der Waals surface area contributed by atoms with Gasteiger partial charge >= 0.3 is 0 Å². The predicted molar refractivity (Wildman–Crippen MR) is 109 cm³/mol. The van der Waals surface area contributed by atoms with Crippen LogP contribution in [0.2, 0.25) is 0 Å². The zero-order valence-electron chi connectivity index (χ0n) is 15.3. The van der Waals surface area contributed by atoms with Gasteiger partial charge in [-0.05, 0) is 36.4 Å². The summed E-state index contributed by atoms with van der Waals surface area (Å²) in [6, 6.07) is 19.2. The highest BCUT2D eigenvalue weighted by Crippen LogP contribution is 2.28. The minimum Gasteiger partial charge on any atom is -0.258 e. The van der Waals surface area contributed by atoms with Gasteiger partial charge in [0, 0.05) is 23.3 Å². The number of nitro benzene ring substituents is 2. The Morgan fingerprint density at radius 3 is 1.50 bits per heavy atom. The second-order valence-electron chi connectivity index (χ2n) is 5.96. The van der Waals surface area contributed by atoms with Crippen LogP contribution >= 0.6 is 0 Å². The van der Waals surface area contributed by atoms with Gasteiger partial charge in [0.1, 0.15) is 11.1 Å². The summed E-state index contributed by atoms with van der Waals surface area (Å²) in [5.41, 5.74) is 0.676. The molecule has 0 radical (unpaired) electrons. The lowest BCUT2D eigenvalue weighted by Gasteiger charge is -2.00. The molecule has 0 spiro atoms. The van der Waals surface area contributed by atoms with Crippen LogP contribution in [0.3, 0.4) is 0 Å². The van der Waals surface area contributed by atoms with Crippen molar-refractivity contribution >= 4 is 11.4 Å². The summed E-state index contributed by atoms with van der Waals surface area (Å²) < 4.78 is 0. The average Bonchev–Trinajstić information content (AvgIpc) is 2.76. The molecule has 0 unspecified atom stereocenters. The molecule has 0 N–H and O–H groups in total. The summed E-state index contributed by atoms with van der Waals surface area (Å²) in [6.07, 6.45) is 0. The van der Waals surface area contributed by atoms with Crippen molar-refractivity contribution in [1.29, 1.82) is 5.26 Å². The lowest BCUT2D eigenvalue weighted by atomic mass is 10.1. The van der Waals surface area contributed by atoms with Crippen molar-refractivity contribution in [3.63, 3.8) is 0 Å². The predicted octanol–water partition coefficient (Wildman–Crippen LogP) is 4.17. The quantitative estimate of drug-likeness (QED) is 0.369. The highest BCUT2D eigenvalue weighted by Gasteiger charge is 2.22. The monoisotopic (exact) mass is 393 g/mol. The SMILES string of the molecule is N#Cc1ccc(C#Cc2cc([N+](=O)[O-])c(C#Cc3ccccc3)cc2[N+](=O)[O-])cc1. The normalized spacial score (nSPS) is 9.30. The summed E-state index contributed by atoms with van der Waals surface area (Å²) in [5.74, 6) is 10.8. The summed E-state index contributed by atoms with van der Waals surface area (Å²) >= 11 is 0. The molecule has 0 aromatic heterocycles. The fraction of sp³-hybridized carbons (Fsp3) is 0. The van der Waals surface area contributed by atoms with Crippen molar-refractivity contribution in [3.05, 3.63) is 115 Å². The van der Waals surface area contributed by atoms with Gasteiger partial charge in [0.2, 0.25) is 0 Å². The van der Waals surface area contributed by atoms with Gasteiger partial charge in [-0.1, -0.05) is 41.9 Å². The third-order valence-electron chi connectivity index (χ3n) is 3.98. The van der Waals surface area contributed by atoms with Gasteiger partial charge < -0.3 is 0 Å². The van der Waals surface area contributed by atoms with E-state index in [2.05, 4.69) is 23.7 Å². The number of hydrogen-bond donors (Lipinski definition) is 0. The number of nitro groups is 2. The Hall–Kier alpha value is -4.93. The fourth-order valence-electron chi connectivity index (χ4n) is 2.51. The Bertz CT molecular complexity index is 1300. The van der Waals surface area contributed by atoms with Gasteiger partial charge in [0.05, 0.1) is 21.5 Å². The van der Waals surface area contributed by atoms with E-state index in [1.54, 1.807) is 54.6 Å². The van der Waals surface area contributed by atoms with Gasteiger partial charge in [0.15, 0.2) is 0 Å². The molecule has 3 aromatic carbocycles. The molecule has 0 aliphatic heterocycles. The molecule has 3 aromatic rings. The van der Waals surface area contributed by atoms with Gasteiger partial charge in [0.25, 0.3) is 11.4 Å². The Morgan fingerprint density at radius 1 is 0.633 bits per heavy atom. The van der Waals surface area contributed by atoms with Crippen LogP contribution in [0.4, 0.5) is 11.4 Å². The fourth-order valence-corrected chi connectivity index (χ4v) is 2.51. The number of nitrogens with zero attached hydrogens (tertiary/aromatic N) is 3. The van der Waals surface area contributed by atoms with E-state index >= 15 is 0 Å². The lowest BCUT2D eigenvalue weighted by molar-refractivity contribution is -0.389. The Morgan fingerprint density at radius 2 is 1.07 bits per heavy atom. The maximum atomic E-state index is 11.5. The van der Waals surface area contributed by atoms with E-state index in [4.69, 9.17) is 5.26 Å². The second-order valence-corrected chi connectivity index (χ2v) is 5.96. The first kappa shape index (κ1) is 19.8. The number of rotatable bonds is 2. The molecule has 0 aliphatic carbocycles. The molecule has 0 saturated carbocycles. The van der Waals surface area contributed by atoms with Gasteiger partial charge in [-0.25, -0.2) is 0 Å². The first-order chi connectivity index (χ1) is 14.5. The molecule has 7 heteroatoms. The molecule has 30 heavy (non-hydrogen) atoms. The van der Waals surface area contributed by atoms with Crippen LogP contribution in [0, 0.1) is 55.2 Å². The van der Waals surface area contributed by atoms with Crippen LogP contribution in [0.1, 0.15) is 27.8 Å². The topological polar surface area (TPSA) is 110 Å². The maximum absolute atomic E-state index is 11.5. The van der Waals surface area contributed by atoms with E-state index in [0.29, 0.717) is 16.7 Å². The third kappa shape index (κ3) is 4.67. The first-order valence-corrected chi connectivity index (χ1v) is 8.54. The largest absolute Gasteiger partial charge is 0.286 e. The van der Waals surface area contributed by atoms with E-state index in [1.807, 2.05) is 6.07 Å². The summed E-state index contributed by atoms with van der Waals surface area (Å²) in [7, 11) is 0. The molecule has 3 rings (SSSR count). The van der Waals surface area contributed by atoms with Crippen LogP contribution in [-0.4, -0.2) is 9.85 Å². The van der Waals surface area contributed by atoms with Gasteiger partial charge in [-0.15, -0.1) is 0 Å². The Labute approximate surface area is 171 Å². The van der Waals surface area contributed by atoms with Gasteiger partial charge in [-0.2, -0.15) is 5.26 Å². The van der Waals surface area contributed by atoms with Crippen LogP contribution in [0.5, 0.6) is 0 Å². The molecule has 0 aliphatic rings. The van der Waals surface area contributed by atoms with E-state index in [9.17, 15) is 20.2 Å². The molecule has 0 amide bonds. The molecule has 142 valence electrons. The molecular weight excluding hydrogens is 382 g/mol. The van der Waals surface area contributed by atoms with E-state index in [-0.39, 0.29) is 22.5 Å². The molecule has 7 nitrogen and oxygen atoms in total. The molecule has 0 atom stereocenters. The lowest BCUT2D eigenvalue weighted by Crippen LogP contribution is -1.99. The van der Waals surface area contributed by atoms with Crippen LogP contribution < -0.4 is 0 Å². The van der Waals surface area contributed by atoms with Crippen molar-refractivity contribution < 1.29 is 9.85 Å². The third-order valence-corrected chi connectivity index (χ3v) is 3.98. The zero-order chi connectivity index (χ0) is 21.5. The highest BCUT2D eigenvalue weighted by atomic mass is 16.6. The average molecular weight is 393 g/mol. The van der Waals surface area contributed by atoms with Crippen molar-refractivity contribution in [2.75, 3.05) is 0 Å². The standard InChI is InChI=1S/C23H11N3O4/c24-16-19-8-6-18(7-9-19)11-13-21-15-22(25(27)28)20(14-23(21)26(29)30)12-10-17-4-2-1-3-5-17/h1-9,14-15H. The van der Waals surface area contributed by atoms with Crippen LogP contribution in [0.25, 0.3) is 0 Å². The van der Waals surface area contributed by atoms with E-state index in [1.165, 1.54) is 0 Å². The van der Waals surface area contributed by atoms with Crippen LogP contribution in [0.15, 0.2) is 66.7 Å². The summed E-state index contributed by atoms with van der Waals surface area (Å²) in [5, 5.41) is 31.8. The maximum Gasteiger partial charge on any atom is 0.286 e. The minimum atomic E-state index is -0.653. The Kier molecular flexibility index (Phi) is 5.84. The smallest absolute Gasteiger partial charge is 0.258 e. The molecule has 0 heterocycles. The molecular formula is C23H11N3O4. The number of nitriles is 1. The molecule has 0 saturated heterocycles. The number of hydrogen-bond acceptors (Lipinski definition) is 5. The highest BCUT2D eigenvalue weighted by molar-refractivity contribution is 5.65. The first-order valence-electron chi connectivity index (χ1n) is 8.54. The van der Waals surface area contributed by atoms with Crippen molar-refractivity contribution in [2.24, 2.45) is 0 Å². The summed E-state index contributed by atoms with van der Waals surface area (Å²) in [4.78, 5) is 21.7. The molecule has 0 bridgehead atoms. The zero-order valence-corrected chi connectivity index (χ0v) is 15.3. The van der Waals surface area contributed by atoms with Crippen molar-refractivity contribution in [1.82, 2.24) is 0 Å². The van der Waals surface area contributed by atoms with Crippen molar-refractivity contribution in [2.45, 2.75) is 0 Å². The van der Waals surface area contributed by atoms with Crippen molar-refractivity contribution in [3.8, 4) is 29.8 Å². The Balaban J connectivity index is 2.09. The second kappa shape index (κ2) is 8.84. The summed E-state index contributed by atoms with van der Waals surface area (Å²) in [6.45, 7) is 0. The van der Waals surface area contributed by atoms with E-state index in [0.717, 1.165) is 12.1 Å². The molecule has 0 fully saturated rings. The minimum absolute atomic E-state index is 0.0699. The van der Waals surface area contributed by atoms with Crippen LogP contribution in [-0.2, 0) is 0 Å². The number of benzene rings is 3. The van der Waals surface area contributed by atoms with Gasteiger partial charge in [-0.3, -0.25) is 20.2 Å². The van der Waals surface area contributed by atoms with E-state index < -0.39 is 9.85 Å².